The molecule has 0 aromatic heterocycles. The van der Waals surface area contributed by atoms with Crippen LogP contribution in [0.15, 0.2) is 60.7 Å². The molecule has 678 valence electrons. The van der Waals surface area contributed by atoms with E-state index < -0.39 is 235 Å². The number of nitrogens with two attached hydrogens (primary N) is 1. The van der Waals surface area contributed by atoms with Gasteiger partial charge in [0.25, 0.3) is 0 Å². The molecule has 0 spiro atoms. The topological polar surface area (TPSA) is 572 Å². The zero-order chi connectivity index (χ0) is 91.4. The summed E-state index contributed by atoms with van der Waals surface area (Å²) in [5, 5.41) is 87.2. The summed E-state index contributed by atoms with van der Waals surface area (Å²) in [6.07, 6.45) is -0.916. The van der Waals surface area contributed by atoms with Crippen molar-refractivity contribution in [2.45, 2.75) is 278 Å². The molecule has 37 nitrogen and oxygen atoms in total. The second-order valence-corrected chi connectivity index (χ2v) is 33.9. The van der Waals surface area contributed by atoms with Crippen LogP contribution < -0.4 is 80.2 Å². The molecule has 3 rings (SSSR count). The van der Waals surface area contributed by atoms with Crippen LogP contribution >= 0.6 is 12.6 Å². The highest BCUT2D eigenvalue weighted by Crippen LogP contribution is 2.22. The van der Waals surface area contributed by atoms with Crippen LogP contribution in [0.4, 0.5) is 0 Å². The van der Waals surface area contributed by atoms with Gasteiger partial charge in [0.15, 0.2) is 0 Å². The number of carbonyl (C=O) groups is 16. The van der Waals surface area contributed by atoms with Crippen molar-refractivity contribution in [1.29, 1.82) is 0 Å². The highest BCUT2D eigenvalue weighted by atomic mass is 32.1. The molecule has 18 atom stereocenters. The highest BCUT2D eigenvalue weighted by Gasteiger charge is 2.43. The molecule has 0 aliphatic carbocycles. The van der Waals surface area contributed by atoms with Crippen LogP contribution in [-0.2, 0) is 89.6 Å². The maximum Gasteiger partial charge on any atom is 0.326 e. The zero-order valence-corrected chi connectivity index (χ0v) is 73.4. The molecule has 1 saturated heterocycles. The second kappa shape index (κ2) is 52.4. The van der Waals surface area contributed by atoms with Gasteiger partial charge in [0.05, 0.1) is 25.9 Å². The Morgan fingerprint density at radius 2 is 0.694 bits per heavy atom. The minimum atomic E-state index is -1.76. The van der Waals surface area contributed by atoms with Gasteiger partial charge in [-0.25, -0.2) is 4.79 Å². The number of likely N-dealkylation sites (tertiary alicyclic amines) is 1. The zero-order valence-electron chi connectivity index (χ0n) is 72.5. The largest absolute Gasteiger partial charge is 0.480 e. The van der Waals surface area contributed by atoms with E-state index in [4.69, 9.17) is 5.73 Å². The van der Waals surface area contributed by atoms with Crippen molar-refractivity contribution in [2.24, 2.45) is 47.2 Å². The summed E-state index contributed by atoms with van der Waals surface area (Å²) in [6.45, 7) is 24.2. The molecule has 0 bridgehead atoms. The van der Waals surface area contributed by atoms with Gasteiger partial charge in [0, 0.05) is 25.1 Å². The van der Waals surface area contributed by atoms with E-state index in [1.54, 1.807) is 158 Å². The standard InChI is InChI=1S/C83H134N16O21S/c1-17-48(14)66(97-78(114)62(40-102)94-75(111)59(87-69(105)53(84)38-100)36-51-25-20-18-21-26-51)80(116)92-60(37-52-27-22-19-23-28-52)74(110)90-56(33-44(6)7)72(108)88-54(31-42(2)3)70(106)85-49(15)68(104)86-55(32-43(4)5)71(107)89-57(34-45(8)9)73(109)93-61(39-101)77(113)95-63(41-121)79(115)91-58(35-46(10)11)76(112)98-67(50(16)103)81(117)96-65(47(12)13)82(118)99-30-24-29-64(99)83(119)120/h18-23,25-28,42-50,53-67,100-103,121H,17,24,29-41,84H2,1-16H3,(H,85,106)(H,86,104)(H,87,105)(H,88,108)(H,89,107)(H,90,110)(H,91,115)(H,92,116)(H,93,109)(H,94,111)(H,95,113)(H,96,117)(H,97,114)(H,98,112)(H,119,120)/t48-,49-,50+,53-,54-,55-,56-,57-,58-,59-,60-,61-,62-,63-,64-,65-,66-,67-/m0/s1. The number of carboxylic acids is 1. The Labute approximate surface area is 714 Å². The average molecular weight is 1720 g/mol. The number of rotatable bonds is 52. The first kappa shape index (κ1) is 105. The molecule has 1 aliphatic heterocycles. The third-order valence-electron chi connectivity index (χ3n) is 20.2. The fourth-order valence-electron chi connectivity index (χ4n) is 13.3. The van der Waals surface area contributed by atoms with Crippen LogP contribution in [-0.4, -0.2) is 260 Å². The lowest BCUT2D eigenvalue weighted by Gasteiger charge is -2.31. The van der Waals surface area contributed by atoms with E-state index in [0.29, 0.717) is 24.0 Å². The average Bonchev–Trinajstić information content (AvgIpc) is 1.70. The molecule has 15 amide bonds. The number of carbonyl (C=O) groups excluding carboxylic acids is 15. The Morgan fingerprint density at radius 1 is 0.388 bits per heavy atom. The molecule has 0 unspecified atom stereocenters. The molecular weight excluding hydrogens is 1590 g/mol. The Morgan fingerprint density at radius 3 is 1.05 bits per heavy atom. The lowest BCUT2D eigenvalue weighted by molar-refractivity contribution is -0.150. The van der Waals surface area contributed by atoms with Crippen molar-refractivity contribution in [3.8, 4) is 0 Å². The first-order valence-corrected chi connectivity index (χ1v) is 42.2. The number of carboxylic acid groups (broad SMARTS) is 1. The van der Waals surface area contributed by atoms with Crippen molar-refractivity contribution >= 4 is 107 Å². The van der Waals surface area contributed by atoms with Gasteiger partial charge < -0.3 is 111 Å². The number of hydrogen-bond acceptors (Lipinski definition) is 22. The summed E-state index contributed by atoms with van der Waals surface area (Å²) in [6, 6.07) is -5.72. The minimum absolute atomic E-state index is 0.00581. The fourth-order valence-corrected chi connectivity index (χ4v) is 13.5. The van der Waals surface area contributed by atoms with Crippen LogP contribution in [0.3, 0.4) is 0 Å². The number of nitrogens with zero attached hydrogens (tertiary/aromatic N) is 1. The molecule has 1 aliphatic rings. The van der Waals surface area contributed by atoms with E-state index in [-0.39, 0.29) is 87.5 Å². The number of aliphatic carboxylic acids is 1. The van der Waals surface area contributed by atoms with E-state index >= 15 is 0 Å². The molecular formula is C83H134N16O21S. The van der Waals surface area contributed by atoms with Crippen LogP contribution in [0.1, 0.15) is 173 Å². The van der Waals surface area contributed by atoms with Crippen molar-refractivity contribution in [2.75, 3.05) is 32.1 Å². The maximum absolute atomic E-state index is 14.8. The van der Waals surface area contributed by atoms with E-state index in [9.17, 15) is 102 Å². The molecule has 38 heteroatoms. The molecule has 0 saturated carbocycles. The van der Waals surface area contributed by atoms with Crippen molar-refractivity contribution in [3.63, 3.8) is 0 Å². The normalized spacial score (nSPS) is 17.0. The number of aliphatic hydroxyl groups is 4. The Bertz CT molecular complexity index is 3770. The Balaban J connectivity index is 1.82. The van der Waals surface area contributed by atoms with Gasteiger partial charge >= 0.3 is 5.97 Å². The van der Waals surface area contributed by atoms with E-state index in [1.807, 2.05) is 0 Å². The van der Waals surface area contributed by atoms with Gasteiger partial charge in [-0.2, -0.15) is 12.6 Å². The first-order valence-electron chi connectivity index (χ1n) is 41.5. The third-order valence-corrected chi connectivity index (χ3v) is 20.5. The fraction of sp³-hybridized carbons (Fsp3) is 0.663. The molecule has 1 fully saturated rings. The molecule has 121 heavy (non-hydrogen) atoms. The number of benzene rings is 2. The molecule has 1 heterocycles. The lowest BCUT2D eigenvalue weighted by atomic mass is 9.96. The van der Waals surface area contributed by atoms with Gasteiger partial charge in [0.1, 0.15) is 96.7 Å². The number of thiol groups is 1. The van der Waals surface area contributed by atoms with Gasteiger partial charge in [-0.1, -0.05) is 164 Å². The van der Waals surface area contributed by atoms with Crippen LogP contribution in [0.5, 0.6) is 0 Å². The first-order chi connectivity index (χ1) is 56.8. The number of amides is 15. The highest BCUT2D eigenvalue weighted by molar-refractivity contribution is 7.80. The number of hydrogen-bond donors (Lipinski definition) is 21. The summed E-state index contributed by atoms with van der Waals surface area (Å²) < 4.78 is 0. The smallest absolute Gasteiger partial charge is 0.326 e. The van der Waals surface area contributed by atoms with Gasteiger partial charge in [-0.15, -0.1) is 0 Å². The SMILES string of the molecule is CC[C@H](C)[C@H](NC(=O)[C@H](CO)NC(=O)[C@H](Cc1ccccc1)NC(=O)[C@@H](N)CO)C(=O)N[C@@H](Cc1ccccc1)C(=O)N[C@@H](CC(C)C)C(=O)N[C@@H](CC(C)C)C(=O)N[C@@H](C)C(=O)N[C@@H](CC(C)C)C(=O)N[C@@H](CC(C)C)C(=O)N[C@@H](CO)C(=O)N[C@@H](CS)C(=O)N[C@@H](CC(C)C)C(=O)N[C@H](C(=O)N[C@H](C(=O)N1CCC[C@H]1C(=O)O)C(C)C)[C@@H](C)O. The summed E-state index contributed by atoms with van der Waals surface area (Å²) in [7, 11) is 0. The monoisotopic (exact) mass is 1720 g/mol. The van der Waals surface area contributed by atoms with Crippen LogP contribution in [0.2, 0.25) is 0 Å². The predicted molar refractivity (Wildman–Crippen MR) is 452 cm³/mol. The van der Waals surface area contributed by atoms with Crippen LogP contribution in [0.25, 0.3) is 0 Å². The molecule has 2 aromatic carbocycles. The number of nitrogens with one attached hydrogen (secondary N) is 14. The minimum Gasteiger partial charge on any atom is -0.480 e. The molecule has 21 N–H and O–H groups in total. The second-order valence-electron chi connectivity index (χ2n) is 33.6. The van der Waals surface area contributed by atoms with Crippen molar-refractivity contribution < 1.29 is 102 Å². The van der Waals surface area contributed by atoms with Gasteiger partial charge in [0.2, 0.25) is 88.6 Å². The van der Waals surface area contributed by atoms with Crippen molar-refractivity contribution in [3.05, 3.63) is 71.8 Å². The summed E-state index contributed by atoms with van der Waals surface area (Å²) in [5.74, 6) is -17.6. The quantitative estimate of drug-likeness (QED) is 0.0316. The number of aliphatic hydroxyl groups excluding tert-OH is 4. The van der Waals surface area contributed by atoms with E-state index in [1.165, 1.54) is 13.8 Å². The van der Waals surface area contributed by atoms with E-state index in [2.05, 4.69) is 87.1 Å². The van der Waals surface area contributed by atoms with Crippen LogP contribution in [0, 0.1) is 41.4 Å². The Hall–Kier alpha value is -9.89. The van der Waals surface area contributed by atoms with Crippen molar-refractivity contribution in [1.82, 2.24) is 79.3 Å². The molecule has 0 radical (unpaired) electrons. The maximum atomic E-state index is 14.8. The summed E-state index contributed by atoms with van der Waals surface area (Å²) in [4.78, 5) is 224. The Kier molecular flexibility index (Phi) is 45.6. The molecule has 2 aromatic rings. The summed E-state index contributed by atoms with van der Waals surface area (Å²) in [5.41, 5.74) is 6.92. The third kappa shape index (κ3) is 35.6. The lowest BCUT2D eigenvalue weighted by Crippen LogP contribution is -2.62. The van der Waals surface area contributed by atoms with Gasteiger partial charge in [-0.05, 0) is 111 Å². The summed E-state index contributed by atoms with van der Waals surface area (Å²) >= 11 is 4.25. The van der Waals surface area contributed by atoms with E-state index in [0.717, 1.165) is 4.90 Å². The van der Waals surface area contributed by atoms with Gasteiger partial charge in [-0.3, -0.25) is 71.9 Å². The predicted octanol–water partition coefficient (Wildman–Crippen LogP) is -2.10.